The lowest BCUT2D eigenvalue weighted by atomic mass is 9.84. The van der Waals surface area contributed by atoms with Crippen LogP contribution in [0, 0.1) is 17.2 Å². The molecule has 0 aromatic heterocycles. The van der Waals surface area contributed by atoms with Crippen LogP contribution in [0.5, 0.6) is 5.75 Å². The third kappa shape index (κ3) is 7.05. The van der Waals surface area contributed by atoms with Crippen LogP contribution >= 0.6 is 0 Å². The topological polar surface area (TPSA) is 63.7 Å². The number of carbonyl (C=O) groups is 1. The van der Waals surface area contributed by atoms with E-state index in [1.807, 2.05) is 4.90 Å². The van der Waals surface area contributed by atoms with Crippen molar-refractivity contribution in [3.05, 3.63) is 59.9 Å². The Labute approximate surface area is 190 Å². The van der Waals surface area contributed by atoms with Crippen molar-refractivity contribution in [1.82, 2.24) is 4.90 Å². The van der Waals surface area contributed by atoms with Gasteiger partial charge in [-0.05, 0) is 72.6 Å². The Kier molecular flexibility index (Phi) is 7.28. The number of nitrogens with zero attached hydrogens (tertiary/aromatic N) is 1. The number of benzene rings is 2. The number of rotatable bonds is 9. The fourth-order valence-corrected chi connectivity index (χ4v) is 4.89. The molecule has 32 heavy (non-hydrogen) atoms. The Morgan fingerprint density at radius 3 is 2.22 bits per heavy atom. The molecule has 1 amide bonds. The first kappa shape index (κ1) is 24.2. The lowest BCUT2D eigenvalue weighted by Gasteiger charge is -2.27. The normalized spacial score (nSPS) is 15.3. The summed E-state index contributed by atoms with van der Waals surface area (Å²) < 4.78 is 42.9. The van der Waals surface area contributed by atoms with E-state index >= 15 is 0 Å². The molecule has 7 heteroatoms. The molecule has 5 nitrogen and oxygen atoms in total. The maximum absolute atomic E-state index is 13.0. The van der Waals surface area contributed by atoms with E-state index in [1.54, 1.807) is 24.3 Å². The van der Waals surface area contributed by atoms with E-state index in [-0.39, 0.29) is 22.0 Å². The third-order valence-electron chi connectivity index (χ3n) is 5.38. The van der Waals surface area contributed by atoms with Crippen LogP contribution < -0.4 is 4.18 Å². The van der Waals surface area contributed by atoms with Crippen LogP contribution in [-0.2, 0) is 21.5 Å². The van der Waals surface area contributed by atoms with Gasteiger partial charge in [-0.15, -0.1) is 0 Å². The molecule has 1 aliphatic rings. The molecule has 0 radical (unpaired) electrons. The summed E-state index contributed by atoms with van der Waals surface area (Å²) in [4.78, 5) is 14.8. The summed E-state index contributed by atoms with van der Waals surface area (Å²) in [6.45, 7) is 9.18. The largest absolute Gasteiger partial charge is 0.379 e. The Hall–Kier alpha value is -2.41. The van der Waals surface area contributed by atoms with Crippen LogP contribution in [0.1, 0.15) is 58.9 Å². The number of halogens is 1. The summed E-state index contributed by atoms with van der Waals surface area (Å²) >= 11 is 0. The van der Waals surface area contributed by atoms with Crippen molar-refractivity contribution in [3.63, 3.8) is 0 Å². The van der Waals surface area contributed by atoms with Crippen molar-refractivity contribution in [3.8, 4) is 5.75 Å². The van der Waals surface area contributed by atoms with Crippen LogP contribution in [0.15, 0.2) is 53.4 Å². The number of hydrogen-bond acceptors (Lipinski definition) is 4. The molecule has 174 valence electrons. The fourth-order valence-electron chi connectivity index (χ4n) is 3.96. The average molecular weight is 462 g/mol. The molecule has 1 aliphatic carbocycles. The molecule has 2 aromatic rings. The molecule has 1 fully saturated rings. The van der Waals surface area contributed by atoms with Gasteiger partial charge < -0.3 is 9.08 Å². The summed E-state index contributed by atoms with van der Waals surface area (Å²) in [6, 6.07) is 11.5. The highest BCUT2D eigenvalue weighted by atomic mass is 32.2. The zero-order valence-corrected chi connectivity index (χ0v) is 20.0. The van der Waals surface area contributed by atoms with E-state index in [1.165, 1.54) is 12.1 Å². The third-order valence-corrected chi connectivity index (χ3v) is 6.64. The standard InChI is InChI=1S/C25H32FNO4S/c1-18(16-25(2,3)4)15-24(28)27(21-9-10-21)17-19-5-11-22(12-6-19)31-32(29,30)23-13-7-20(26)8-14-23/h5-8,11-14,18,21H,9-10,15-17H2,1-4H3/t18-/m1/s1. The summed E-state index contributed by atoms with van der Waals surface area (Å²) in [5.74, 6) is 0.136. The minimum atomic E-state index is -4.04. The zero-order valence-electron chi connectivity index (χ0n) is 19.2. The van der Waals surface area contributed by atoms with Crippen LogP contribution in [0.25, 0.3) is 0 Å². The smallest absolute Gasteiger partial charge is 0.339 e. The van der Waals surface area contributed by atoms with Crippen molar-refractivity contribution < 1.29 is 21.8 Å². The van der Waals surface area contributed by atoms with Crippen LogP contribution in [0.2, 0.25) is 0 Å². The Morgan fingerprint density at radius 1 is 1.09 bits per heavy atom. The van der Waals surface area contributed by atoms with Gasteiger partial charge in [-0.25, -0.2) is 4.39 Å². The fraction of sp³-hybridized carbons (Fsp3) is 0.480. The quantitative estimate of drug-likeness (QED) is 0.460. The predicted molar refractivity (Wildman–Crippen MR) is 122 cm³/mol. The highest BCUT2D eigenvalue weighted by Gasteiger charge is 2.33. The molecule has 1 atom stereocenters. The first-order valence-corrected chi connectivity index (χ1v) is 12.4. The van der Waals surface area contributed by atoms with Crippen LogP contribution in [0.3, 0.4) is 0 Å². The van der Waals surface area contributed by atoms with Gasteiger partial charge >= 0.3 is 10.1 Å². The molecule has 0 spiro atoms. The maximum atomic E-state index is 13.0. The zero-order chi connectivity index (χ0) is 23.5. The molecule has 0 unspecified atom stereocenters. The minimum absolute atomic E-state index is 0.113. The van der Waals surface area contributed by atoms with Crippen molar-refractivity contribution in [2.75, 3.05) is 0 Å². The van der Waals surface area contributed by atoms with Gasteiger partial charge in [0.25, 0.3) is 0 Å². The van der Waals surface area contributed by atoms with Crippen molar-refractivity contribution in [2.45, 2.75) is 70.9 Å². The van der Waals surface area contributed by atoms with Gasteiger partial charge in [-0.3, -0.25) is 4.79 Å². The minimum Gasteiger partial charge on any atom is -0.379 e. The number of carbonyl (C=O) groups excluding carboxylic acids is 1. The van der Waals surface area contributed by atoms with Gasteiger partial charge in [0.1, 0.15) is 16.5 Å². The van der Waals surface area contributed by atoms with E-state index in [9.17, 15) is 17.6 Å². The summed E-state index contributed by atoms with van der Waals surface area (Å²) in [7, 11) is -4.04. The van der Waals surface area contributed by atoms with Gasteiger partial charge in [0, 0.05) is 19.0 Å². The summed E-state index contributed by atoms with van der Waals surface area (Å²) in [5, 5.41) is 0. The Morgan fingerprint density at radius 2 is 1.69 bits per heavy atom. The van der Waals surface area contributed by atoms with Crippen molar-refractivity contribution in [2.24, 2.45) is 11.3 Å². The van der Waals surface area contributed by atoms with Crippen molar-refractivity contribution in [1.29, 1.82) is 0 Å². The molecule has 2 aromatic carbocycles. The molecule has 0 saturated heterocycles. The second-order valence-electron chi connectivity index (χ2n) is 9.96. The van der Waals surface area contributed by atoms with Gasteiger partial charge in [0.15, 0.2) is 0 Å². The average Bonchev–Trinajstić information content (AvgIpc) is 3.51. The molecule has 3 rings (SSSR count). The van der Waals surface area contributed by atoms with Crippen molar-refractivity contribution >= 4 is 16.0 Å². The monoisotopic (exact) mass is 461 g/mol. The van der Waals surface area contributed by atoms with E-state index in [2.05, 4.69) is 27.7 Å². The lowest BCUT2D eigenvalue weighted by molar-refractivity contribution is -0.133. The van der Waals surface area contributed by atoms with E-state index < -0.39 is 15.9 Å². The number of hydrogen-bond donors (Lipinski definition) is 0. The maximum Gasteiger partial charge on any atom is 0.339 e. The molecular weight excluding hydrogens is 429 g/mol. The second kappa shape index (κ2) is 9.61. The number of amides is 1. The van der Waals surface area contributed by atoms with Gasteiger partial charge in [-0.1, -0.05) is 39.8 Å². The molecule has 0 N–H and O–H groups in total. The first-order chi connectivity index (χ1) is 14.9. The highest BCUT2D eigenvalue weighted by molar-refractivity contribution is 7.87. The Balaban J connectivity index is 1.63. The molecule has 0 aliphatic heterocycles. The van der Waals surface area contributed by atoms with Crippen LogP contribution in [-0.4, -0.2) is 25.3 Å². The summed E-state index contributed by atoms with van der Waals surface area (Å²) in [6.07, 6.45) is 3.57. The predicted octanol–water partition coefficient (Wildman–Crippen LogP) is 5.55. The van der Waals surface area contributed by atoms with Gasteiger partial charge in [-0.2, -0.15) is 8.42 Å². The van der Waals surface area contributed by atoms with E-state index in [0.717, 1.165) is 37.0 Å². The van der Waals surface area contributed by atoms with Gasteiger partial charge in [0.05, 0.1) is 0 Å². The summed E-state index contributed by atoms with van der Waals surface area (Å²) in [5.41, 5.74) is 1.11. The second-order valence-corrected chi connectivity index (χ2v) is 11.5. The first-order valence-electron chi connectivity index (χ1n) is 11.0. The molecule has 0 heterocycles. The molecular formula is C25H32FNO4S. The molecule has 1 saturated carbocycles. The van der Waals surface area contributed by atoms with Gasteiger partial charge in [0.2, 0.25) is 5.91 Å². The highest BCUT2D eigenvalue weighted by Crippen LogP contribution is 2.32. The Bertz CT molecular complexity index is 1020. The van der Waals surface area contributed by atoms with E-state index in [0.29, 0.717) is 24.9 Å². The SMILES string of the molecule is C[C@H](CC(=O)N(Cc1ccc(OS(=O)(=O)c2ccc(F)cc2)cc1)C1CC1)CC(C)(C)C. The van der Waals surface area contributed by atoms with E-state index in [4.69, 9.17) is 4.18 Å². The molecule has 0 bridgehead atoms. The lowest BCUT2D eigenvalue weighted by Crippen LogP contribution is -2.34. The van der Waals surface area contributed by atoms with Crippen LogP contribution in [0.4, 0.5) is 4.39 Å².